The largest absolute Gasteiger partial charge is 0.394 e. The zero-order chi connectivity index (χ0) is 21.4. The normalized spacial score (nSPS) is 22.1. The maximum Gasteiger partial charge on any atom is 0.326 e. The second-order valence-corrected chi connectivity index (χ2v) is 7.96. The van der Waals surface area contributed by atoms with Crippen molar-refractivity contribution in [1.82, 2.24) is 10.2 Å². The van der Waals surface area contributed by atoms with Crippen molar-refractivity contribution < 1.29 is 19.1 Å². The number of likely N-dealkylation sites (tertiary alicyclic amines) is 1. The van der Waals surface area contributed by atoms with Gasteiger partial charge in [-0.1, -0.05) is 18.2 Å². The second-order valence-electron chi connectivity index (χ2n) is 7.96. The number of rotatable bonds is 3. The number of hydrogen-bond acceptors (Lipinski definition) is 3. The van der Waals surface area contributed by atoms with Crippen LogP contribution in [0.1, 0.15) is 25.3 Å². The molecule has 30 heavy (non-hydrogen) atoms. The Kier molecular flexibility index (Phi) is 5.34. The van der Waals surface area contributed by atoms with E-state index in [-0.39, 0.29) is 48.5 Å². The molecule has 4 amide bonds. The quantitative estimate of drug-likeness (QED) is 0.724. The molecule has 4 rings (SSSR count). The molecule has 0 unspecified atom stereocenters. The molecule has 0 radical (unpaired) electrons. The predicted octanol–water partition coefficient (Wildman–Crippen LogP) is 3.12. The molecule has 1 fully saturated rings. The number of para-hydroxylation sites is 1. The number of nitrogens with zero attached hydrogens (tertiary/aromatic N) is 2. The SMILES string of the molecule is CC(C)NC(=O)N1[C@H](CO)[C@@H]2c3ccccc3N(C(=O)Nc3ccc(F)cc3)C[C@@H]21. The number of aliphatic hydroxyl groups is 1. The second kappa shape index (κ2) is 7.95. The molecule has 2 aromatic rings. The third kappa shape index (κ3) is 3.47. The summed E-state index contributed by atoms with van der Waals surface area (Å²) in [5.41, 5.74) is 2.16. The monoisotopic (exact) mass is 412 g/mol. The van der Waals surface area contributed by atoms with Crippen molar-refractivity contribution in [2.24, 2.45) is 0 Å². The van der Waals surface area contributed by atoms with E-state index in [0.717, 1.165) is 11.3 Å². The van der Waals surface area contributed by atoms with Gasteiger partial charge in [0.25, 0.3) is 0 Å². The average molecular weight is 412 g/mol. The number of hydrogen-bond donors (Lipinski definition) is 3. The van der Waals surface area contributed by atoms with Gasteiger partial charge >= 0.3 is 12.1 Å². The first kappa shape index (κ1) is 20.2. The fourth-order valence-electron chi connectivity index (χ4n) is 4.40. The molecule has 7 nitrogen and oxygen atoms in total. The Morgan fingerprint density at radius 1 is 1.13 bits per heavy atom. The van der Waals surface area contributed by atoms with Crippen LogP contribution in [0.15, 0.2) is 48.5 Å². The van der Waals surface area contributed by atoms with Gasteiger partial charge in [-0.15, -0.1) is 0 Å². The van der Waals surface area contributed by atoms with E-state index in [1.54, 1.807) is 9.80 Å². The van der Waals surface area contributed by atoms with Gasteiger partial charge in [-0.2, -0.15) is 0 Å². The van der Waals surface area contributed by atoms with Crippen LogP contribution in [0.3, 0.4) is 0 Å². The van der Waals surface area contributed by atoms with Gasteiger partial charge in [-0.25, -0.2) is 14.0 Å². The maximum absolute atomic E-state index is 13.2. The fraction of sp³-hybridized carbons (Fsp3) is 0.364. The smallest absolute Gasteiger partial charge is 0.326 e. The third-order valence-electron chi connectivity index (χ3n) is 5.67. The summed E-state index contributed by atoms with van der Waals surface area (Å²) < 4.78 is 13.2. The van der Waals surface area contributed by atoms with Gasteiger partial charge in [-0.3, -0.25) is 4.90 Å². The number of benzene rings is 2. The highest BCUT2D eigenvalue weighted by molar-refractivity contribution is 6.03. The maximum atomic E-state index is 13.2. The lowest BCUT2D eigenvalue weighted by Gasteiger charge is -2.58. The molecule has 2 aromatic carbocycles. The first-order valence-corrected chi connectivity index (χ1v) is 10.0. The molecule has 0 aromatic heterocycles. The molecule has 0 aliphatic carbocycles. The standard InChI is InChI=1S/C22H25FN4O3/c1-13(2)24-22(30)27-18-11-26(21(29)25-15-9-7-14(23)8-10-15)17-6-4-3-5-16(17)20(18)19(27)12-28/h3-10,13,18-20,28H,11-12H2,1-2H3,(H,24,30)(H,25,29)/t18-,19+,20+/m0/s1. The van der Waals surface area contributed by atoms with Crippen LogP contribution < -0.4 is 15.5 Å². The zero-order valence-corrected chi connectivity index (χ0v) is 16.9. The van der Waals surface area contributed by atoms with Crippen molar-refractivity contribution in [2.75, 3.05) is 23.4 Å². The molecule has 1 saturated heterocycles. The van der Waals surface area contributed by atoms with Gasteiger partial charge in [0.1, 0.15) is 5.82 Å². The van der Waals surface area contributed by atoms with Crippen LogP contribution in [0.5, 0.6) is 0 Å². The highest BCUT2D eigenvalue weighted by Crippen LogP contribution is 2.48. The van der Waals surface area contributed by atoms with Crippen molar-refractivity contribution in [1.29, 1.82) is 0 Å². The van der Waals surface area contributed by atoms with Crippen molar-refractivity contribution in [3.05, 3.63) is 59.9 Å². The summed E-state index contributed by atoms with van der Waals surface area (Å²) in [5.74, 6) is -0.422. The van der Waals surface area contributed by atoms with E-state index in [1.165, 1.54) is 24.3 Å². The first-order valence-electron chi connectivity index (χ1n) is 10.0. The number of aliphatic hydroxyl groups excluding tert-OH is 1. The minimum absolute atomic E-state index is 0.0374. The number of fused-ring (bicyclic) bond motifs is 3. The van der Waals surface area contributed by atoms with Crippen molar-refractivity contribution in [3.63, 3.8) is 0 Å². The number of amides is 4. The van der Waals surface area contributed by atoms with Crippen molar-refractivity contribution in [2.45, 2.75) is 37.9 Å². The minimum atomic E-state index is -0.379. The molecule has 8 heteroatoms. The Morgan fingerprint density at radius 2 is 1.83 bits per heavy atom. The summed E-state index contributed by atoms with van der Waals surface area (Å²) in [4.78, 5) is 29.0. The molecular weight excluding hydrogens is 387 g/mol. The summed E-state index contributed by atoms with van der Waals surface area (Å²) >= 11 is 0. The molecular formula is C22H25FN4O3. The van der Waals surface area contributed by atoms with Gasteiger partial charge in [0.15, 0.2) is 0 Å². The molecule has 158 valence electrons. The number of anilines is 2. The van der Waals surface area contributed by atoms with Gasteiger partial charge in [0, 0.05) is 29.9 Å². The summed E-state index contributed by atoms with van der Waals surface area (Å²) in [7, 11) is 0. The molecule has 2 aliphatic rings. The van der Waals surface area contributed by atoms with Gasteiger partial charge < -0.3 is 20.6 Å². The first-order chi connectivity index (χ1) is 14.4. The van der Waals surface area contributed by atoms with E-state index in [1.807, 2.05) is 38.1 Å². The molecule has 2 aliphatic heterocycles. The molecule has 0 bridgehead atoms. The Labute approximate surface area is 174 Å². The van der Waals surface area contributed by atoms with E-state index in [2.05, 4.69) is 10.6 Å². The third-order valence-corrected chi connectivity index (χ3v) is 5.67. The van der Waals surface area contributed by atoms with E-state index < -0.39 is 0 Å². The molecule has 0 saturated carbocycles. The molecule has 3 N–H and O–H groups in total. The Hall–Kier alpha value is -3.13. The summed E-state index contributed by atoms with van der Waals surface area (Å²) in [6, 6.07) is 11.9. The van der Waals surface area contributed by atoms with Crippen LogP contribution >= 0.6 is 0 Å². The van der Waals surface area contributed by atoms with Crippen LogP contribution in [-0.2, 0) is 0 Å². The van der Waals surface area contributed by atoms with Gasteiger partial charge in [0.05, 0.1) is 18.7 Å². The molecule has 0 spiro atoms. The number of urea groups is 2. The van der Waals surface area contributed by atoms with E-state index in [9.17, 15) is 19.1 Å². The van der Waals surface area contributed by atoms with E-state index >= 15 is 0 Å². The Morgan fingerprint density at radius 3 is 2.50 bits per heavy atom. The number of nitrogens with one attached hydrogen (secondary N) is 2. The van der Waals surface area contributed by atoms with Crippen molar-refractivity contribution >= 4 is 23.4 Å². The van der Waals surface area contributed by atoms with E-state index in [0.29, 0.717) is 12.2 Å². The van der Waals surface area contributed by atoms with Crippen LogP contribution in [0.2, 0.25) is 0 Å². The zero-order valence-electron chi connectivity index (χ0n) is 16.9. The molecule has 2 heterocycles. The molecule has 3 atom stereocenters. The lowest BCUT2D eigenvalue weighted by Crippen LogP contribution is -2.72. The van der Waals surface area contributed by atoms with Crippen molar-refractivity contribution in [3.8, 4) is 0 Å². The lowest BCUT2D eigenvalue weighted by atomic mass is 9.72. The van der Waals surface area contributed by atoms with Crippen LogP contribution in [0.4, 0.5) is 25.4 Å². The summed E-state index contributed by atoms with van der Waals surface area (Å²) in [6.07, 6.45) is 0. The Balaban J connectivity index is 1.62. The highest BCUT2D eigenvalue weighted by atomic mass is 19.1. The number of carbonyl (C=O) groups excluding carboxylic acids is 2. The summed E-state index contributed by atoms with van der Waals surface area (Å²) in [5, 5.41) is 15.6. The summed E-state index contributed by atoms with van der Waals surface area (Å²) in [6.45, 7) is 3.91. The number of halogens is 1. The van der Waals surface area contributed by atoms with Crippen LogP contribution in [0, 0.1) is 5.82 Å². The minimum Gasteiger partial charge on any atom is -0.394 e. The Bertz CT molecular complexity index is 950. The van der Waals surface area contributed by atoms with Crippen LogP contribution in [0.25, 0.3) is 0 Å². The number of carbonyl (C=O) groups is 2. The fourth-order valence-corrected chi connectivity index (χ4v) is 4.40. The predicted molar refractivity (Wildman–Crippen MR) is 112 cm³/mol. The average Bonchev–Trinajstić information content (AvgIpc) is 2.69. The van der Waals surface area contributed by atoms with Gasteiger partial charge in [-0.05, 0) is 49.7 Å². The van der Waals surface area contributed by atoms with Gasteiger partial charge in [0.2, 0.25) is 0 Å². The van der Waals surface area contributed by atoms with Crippen LogP contribution in [-0.4, -0.2) is 53.3 Å². The topological polar surface area (TPSA) is 84.9 Å². The van der Waals surface area contributed by atoms with E-state index in [4.69, 9.17) is 0 Å². The lowest BCUT2D eigenvalue weighted by molar-refractivity contribution is -0.00739. The highest BCUT2D eigenvalue weighted by Gasteiger charge is 2.55.